The normalized spacial score (nSPS) is 17.4. The summed E-state index contributed by atoms with van der Waals surface area (Å²) < 4.78 is 0. The van der Waals surface area contributed by atoms with E-state index in [4.69, 9.17) is 0 Å². The highest BCUT2D eigenvalue weighted by Crippen LogP contribution is 2.26. The van der Waals surface area contributed by atoms with Gasteiger partial charge < -0.3 is 4.90 Å². The molecule has 0 spiro atoms. The molecule has 1 aromatic rings. The van der Waals surface area contributed by atoms with Gasteiger partial charge in [0.1, 0.15) is 0 Å². The molecule has 0 radical (unpaired) electrons. The number of anilines is 1. The van der Waals surface area contributed by atoms with Crippen LogP contribution in [0.5, 0.6) is 0 Å². The van der Waals surface area contributed by atoms with E-state index in [1.54, 1.807) is 4.90 Å². The first-order valence-electron chi connectivity index (χ1n) is 6.64. The molecule has 2 amide bonds. The summed E-state index contributed by atoms with van der Waals surface area (Å²) in [5.74, 6) is -0.252. The number of amidine groups is 1. The van der Waals surface area contributed by atoms with Gasteiger partial charge in [-0.15, -0.1) is 0 Å². The second-order valence-electron chi connectivity index (χ2n) is 4.68. The monoisotopic (exact) mass is 289 g/mol. The third-order valence-electron chi connectivity index (χ3n) is 3.36. The molecular weight excluding hydrogens is 274 g/mol. The van der Waals surface area contributed by atoms with Gasteiger partial charge in [0.05, 0.1) is 6.54 Å². The van der Waals surface area contributed by atoms with Gasteiger partial charge in [0.2, 0.25) is 0 Å². The molecule has 1 aromatic carbocycles. The molecule has 0 bridgehead atoms. The van der Waals surface area contributed by atoms with Crippen molar-refractivity contribution in [1.82, 2.24) is 5.32 Å². The van der Waals surface area contributed by atoms with E-state index in [2.05, 4.69) is 10.3 Å². The predicted octanol–water partition coefficient (Wildman–Crippen LogP) is 1.18. The zero-order chi connectivity index (χ0) is 13.9. The van der Waals surface area contributed by atoms with E-state index in [-0.39, 0.29) is 0 Å². The molecule has 0 atom stereocenters. The van der Waals surface area contributed by atoms with Crippen molar-refractivity contribution in [2.45, 2.75) is 12.8 Å². The molecule has 0 aromatic heterocycles. The third kappa shape index (κ3) is 2.56. The number of benzene rings is 1. The molecular formula is C14H15N3O2S. The molecule has 0 unspecified atom stereocenters. The number of aliphatic imine (C=N–C) groups is 1. The first-order valence-corrected chi connectivity index (χ1v) is 7.62. The number of rotatable bonds is 0. The molecule has 2 aliphatic rings. The first kappa shape index (κ1) is 13.2. The van der Waals surface area contributed by atoms with Crippen LogP contribution in [-0.4, -0.2) is 35.8 Å². The van der Waals surface area contributed by atoms with E-state index in [1.807, 2.05) is 24.3 Å². The molecule has 0 saturated carbocycles. The van der Waals surface area contributed by atoms with Crippen LogP contribution >= 0.6 is 11.8 Å². The van der Waals surface area contributed by atoms with Gasteiger partial charge in [0.25, 0.3) is 0 Å². The highest BCUT2D eigenvalue weighted by Gasteiger charge is 2.28. The fraction of sp³-hybridized carbons (Fsp3) is 0.357. The average molecular weight is 289 g/mol. The highest BCUT2D eigenvalue weighted by atomic mass is 32.2. The molecule has 0 saturated heterocycles. The van der Waals surface area contributed by atoms with E-state index in [0.717, 1.165) is 29.8 Å². The number of fused-ring (bicyclic) bond motifs is 1. The molecule has 20 heavy (non-hydrogen) atoms. The smallest absolute Gasteiger partial charge is 0.304 e. The highest BCUT2D eigenvalue weighted by molar-refractivity contribution is 8.14. The second-order valence-corrected chi connectivity index (χ2v) is 5.76. The van der Waals surface area contributed by atoms with Gasteiger partial charge in [-0.25, -0.2) is 0 Å². The van der Waals surface area contributed by atoms with Crippen LogP contribution in [-0.2, 0) is 16.0 Å². The summed E-state index contributed by atoms with van der Waals surface area (Å²) in [7, 11) is 0. The van der Waals surface area contributed by atoms with E-state index in [9.17, 15) is 9.59 Å². The Morgan fingerprint density at radius 1 is 1.30 bits per heavy atom. The molecule has 5 nitrogen and oxygen atoms in total. The Morgan fingerprint density at radius 2 is 2.15 bits per heavy atom. The zero-order valence-electron chi connectivity index (χ0n) is 11.0. The number of nitrogens with zero attached hydrogens (tertiary/aromatic N) is 2. The minimum absolute atomic E-state index is 0.507. The first-order chi connectivity index (χ1) is 9.75. The molecule has 6 heteroatoms. The Hall–Kier alpha value is -1.82. The lowest BCUT2D eigenvalue weighted by atomic mass is 10.0. The molecule has 3 rings (SSSR count). The summed E-state index contributed by atoms with van der Waals surface area (Å²) in [5, 5.41) is 3.14. The summed E-state index contributed by atoms with van der Waals surface area (Å²) in [5.41, 5.74) is 1.97. The largest absolute Gasteiger partial charge is 0.316 e. The summed E-state index contributed by atoms with van der Waals surface area (Å²) >= 11 is 1.47. The summed E-state index contributed by atoms with van der Waals surface area (Å²) in [6.45, 7) is 1.28. The Kier molecular flexibility index (Phi) is 3.73. The summed E-state index contributed by atoms with van der Waals surface area (Å²) in [6, 6.07) is 7.74. The fourth-order valence-electron chi connectivity index (χ4n) is 2.43. The van der Waals surface area contributed by atoms with Crippen LogP contribution in [0, 0.1) is 0 Å². The lowest BCUT2D eigenvalue weighted by Gasteiger charge is -2.28. The minimum atomic E-state index is -0.602. The van der Waals surface area contributed by atoms with Crippen molar-refractivity contribution in [3.05, 3.63) is 29.8 Å². The van der Waals surface area contributed by atoms with Crippen LogP contribution < -0.4 is 10.2 Å². The minimum Gasteiger partial charge on any atom is -0.304 e. The zero-order valence-corrected chi connectivity index (χ0v) is 11.8. The Balaban J connectivity index is 1.76. The fourth-order valence-corrected chi connectivity index (χ4v) is 3.15. The van der Waals surface area contributed by atoms with Crippen molar-refractivity contribution in [2.24, 2.45) is 4.99 Å². The van der Waals surface area contributed by atoms with Crippen molar-refractivity contribution in [3.63, 3.8) is 0 Å². The van der Waals surface area contributed by atoms with Crippen molar-refractivity contribution in [2.75, 3.05) is 23.7 Å². The van der Waals surface area contributed by atoms with E-state index in [1.165, 1.54) is 11.8 Å². The standard InChI is InChI=1S/C14H15N3O2S/c18-12(16-14-15-7-9-20-14)13(19)17-8-3-5-10-4-1-2-6-11(10)17/h1-2,4,6H,3,5,7-9H2,(H,15,16,18). The number of nitrogens with one attached hydrogen (secondary N) is 1. The quantitative estimate of drug-likeness (QED) is 0.730. The number of carbonyl (C=O) groups is 2. The van der Waals surface area contributed by atoms with Gasteiger partial charge in [-0.1, -0.05) is 30.0 Å². The van der Waals surface area contributed by atoms with Crippen LogP contribution in [0.1, 0.15) is 12.0 Å². The Labute approximate surface area is 121 Å². The van der Waals surface area contributed by atoms with Crippen molar-refractivity contribution < 1.29 is 9.59 Å². The van der Waals surface area contributed by atoms with Gasteiger partial charge in [-0.3, -0.25) is 19.9 Å². The predicted molar refractivity (Wildman–Crippen MR) is 80.0 cm³/mol. The lowest BCUT2D eigenvalue weighted by Crippen LogP contribution is -2.46. The van der Waals surface area contributed by atoms with Gasteiger partial charge >= 0.3 is 11.8 Å². The van der Waals surface area contributed by atoms with Crippen LogP contribution in [0.15, 0.2) is 29.3 Å². The van der Waals surface area contributed by atoms with Gasteiger partial charge in [-0.05, 0) is 24.5 Å². The summed E-state index contributed by atoms with van der Waals surface area (Å²) in [4.78, 5) is 30.0. The maximum atomic E-state index is 12.3. The lowest BCUT2D eigenvalue weighted by molar-refractivity contribution is -0.136. The van der Waals surface area contributed by atoms with Crippen LogP contribution in [0.3, 0.4) is 0 Å². The van der Waals surface area contributed by atoms with Gasteiger partial charge in [0, 0.05) is 18.0 Å². The number of thioether (sulfide) groups is 1. The maximum absolute atomic E-state index is 12.3. The topological polar surface area (TPSA) is 61.8 Å². The number of para-hydroxylation sites is 1. The summed E-state index contributed by atoms with van der Waals surface area (Å²) in [6.07, 6.45) is 1.83. The molecule has 104 valence electrons. The number of hydrogen-bond acceptors (Lipinski definition) is 4. The molecule has 2 heterocycles. The van der Waals surface area contributed by atoms with Gasteiger partial charge in [-0.2, -0.15) is 0 Å². The molecule has 0 fully saturated rings. The second kappa shape index (κ2) is 5.66. The Morgan fingerprint density at radius 3 is 2.95 bits per heavy atom. The molecule has 2 aliphatic heterocycles. The average Bonchev–Trinajstić information content (AvgIpc) is 2.99. The van der Waals surface area contributed by atoms with E-state index in [0.29, 0.717) is 18.3 Å². The van der Waals surface area contributed by atoms with Crippen LogP contribution in [0.4, 0.5) is 5.69 Å². The van der Waals surface area contributed by atoms with Gasteiger partial charge in [0.15, 0.2) is 5.17 Å². The number of amides is 2. The van der Waals surface area contributed by atoms with E-state index < -0.39 is 11.8 Å². The van der Waals surface area contributed by atoms with E-state index >= 15 is 0 Å². The third-order valence-corrected chi connectivity index (χ3v) is 4.25. The molecule has 0 aliphatic carbocycles. The maximum Gasteiger partial charge on any atom is 0.316 e. The Bertz CT molecular complexity index is 586. The van der Waals surface area contributed by atoms with Crippen molar-refractivity contribution in [3.8, 4) is 0 Å². The van der Waals surface area contributed by atoms with Crippen LogP contribution in [0.2, 0.25) is 0 Å². The van der Waals surface area contributed by atoms with Crippen molar-refractivity contribution in [1.29, 1.82) is 0 Å². The SMILES string of the molecule is O=C(NC1=NCCS1)C(=O)N1CCCc2ccccc21. The van der Waals surface area contributed by atoms with Crippen LogP contribution in [0.25, 0.3) is 0 Å². The number of hydrogen-bond donors (Lipinski definition) is 1. The number of carbonyl (C=O) groups excluding carboxylic acids is 2. The molecule has 1 N–H and O–H groups in total. The van der Waals surface area contributed by atoms with Crippen molar-refractivity contribution >= 4 is 34.4 Å². The number of aryl methyl sites for hydroxylation is 1.